The Morgan fingerprint density at radius 1 is 1.07 bits per heavy atom. The molecule has 138 valence electrons. The Bertz CT molecular complexity index is 944. The summed E-state index contributed by atoms with van der Waals surface area (Å²) in [6, 6.07) is 14.2. The van der Waals surface area contributed by atoms with Gasteiger partial charge in [0.25, 0.3) is 0 Å². The highest BCUT2D eigenvalue weighted by Gasteiger charge is 2.68. The zero-order valence-electron chi connectivity index (χ0n) is 14.5. The summed E-state index contributed by atoms with van der Waals surface area (Å²) in [6.45, 7) is 1.40. The van der Waals surface area contributed by atoms with Gasteiger partial charge in [-0.3, -0.25) is 9.59 Å². The van der Waals surface area contributed by atoms with Crippen LogP contribution in [0.3, 0.4) is 0 Å². The predicted molar refractivity (Wildman–Crippen MR) is 92.1 cm³/mol. The molecule has 0 saturated carbocycles. The number of quaternary nitrogens is 1. The number of benzene rings is 2. The Kier molecular flexibility index (Phi) is 3.78. The SMILES string of the molecule is C[C@@]1(C(=O)[O-])[NH2+][C@@H](c2ccccc2O)[C@H]2C(=O)N(c3ccccc3)C(=O)[C@@H]21. The number of hydrogen-bond donors (Lipinski definition) is 2. The first-order valence-electron chi connectivity index (χ1n) is 8.64. The van der Waals surface area contributed by atoms with Crippen molar-refractivity contribution in [3.63, 3.8) is 0 Å². The van der Waals surface area contributed by atoms with Crippen LogP contribution >= 0.6 is 0 Å². The summed E-state index contributed by atoms with van der Waals surface area (Å²) in [5.74, 6) is -4.47. The third-order valence-electron chi connectivity index (χ3n) is 5.66. The van der Waals surface area contributed by atoms with Crippen molar-refractivity contribution < 1.29 is 29.9 Å². The van der Waals surface area contributed by atoms with Gasteiger partial charge in [0, 0.05) is 0 Å². The topological polar surface area (TPSA) is 114 Å². The average Bonchev–Trinajstić information content (AvgIpc) is 3.11. The maximum Gasteiger partial charge on any atom is 0.244 e. The largest absolute Gasteiger partial charge is 0.544 e. The third kappa shape index (κ3) is 2.35. The number of phenolic OH excluding ortho intramolecular Hbond substituents is 1. The minimum atomic E-state index is -1.62. The number of aliphatic carboxylic acids is 1. The summed E-state index contributed by atoms with van der Waals surface area (Å²) < 4.78 is 0. The molecule has 0 unspecified atom stereocenters. The fraction of sp³-hybridized carbons (Fsp3) is 0.250. The Morgan fingerprint density at radius 3 is 2.33 bits per heavy atom. The van der Waals surface area contributed by atoms with Crippen molar-refractivity contribution >= 4 is 23.5 Å². The van der Waals surface area contributed by atoms with Crippen molar-refractivity contribution in [2.45, 2.75) is 18.5 Å². The zero-order chi connectivity index (χ0) is 19.3. The van der Waals surface area contributed by atoms with Gasteiger partial charge in [-0.2, -0.15) is 0 Å². The van der Waals surface area contributed by atoms with E-state index in [-0.39, 0.29) is 5.75 Å². The van der Waals surface area contributed by atoms with E-state index in [1.165, 1.54) is 18.3 Å². The highest BCUT2D eigenvalue weighted by molar-refractivity contribution is 6.23. The number of rotatable bonds is 3. The zero-order valence-corrected chi connectivity index (χ0v) is 14.5. The lowest BCUT2D eigenvalue weighted by atomic mass is 9.80. The number of fused-ring (bicyclic) bond motifs is 1. The van der Waals surface area contributed by atoms with Crippen LogP contribution in [-0.2, 0) is 14.4 Å². The van der Waals surface area contributed by atoms with E-state index in [2.05, 4.69) is 0 Å². The molecule has 2 aliphatic rings. The smallest absolute Gasteiger partial charge is 0.244 e. The lowest BCUT2D eigenvalue weighted by Crippen LogP contribution is -2.98. The molecule has 2 fully saturated rings. The van der Waals surface area contributed by atoms with Crippen LogP contribution in [-0.4, -0.2) is 28.4 Å². The number of aromatic hydroxyl groups is 1. The number of carbonyl (C=O) groups excluding carboxylic acids is 3. The molecule has 0 bridgehead atoms. The molecule has 2 heterocycles. The molecule has 0 radical (unpaired) electrons. The van der Waals surface area contributed by atoms with Gasteiger partial charge in [0.2, 0.25) is 11.8 Å². The van der Waals surface area contributed by atoms with E-state index in [1.54, 1.807) is 48.5 Å². The van der Waals surface area contributed by atoms with Gasteiger partial charge in [-0.1, -0.05) is 30.3 Å². The first-order chi connectivity index (χ1) is 12.9. The van der Waals surface area contributed by atoms with Crippen LogP contribution in [0.1, 0.15) is 18.5 Å². The number of nitrogens with two attached hydrogens (primary N) is 1. The van der Waals surface area contributed by atoms with E-state index < -0.39 is 41.2 Å². The number of nitrogens with zero attached hydrogens (tertiary/aromatic N) is 1. The van der Waals surface area contributed by atoms with Crippen LogP contribution < -0.4 is 15.3 Å². The lowest BCUT2D eigenvalue weighted by molar-refractivity contribution is -0.735. The number of amides is 2. The van der Waals surface area contributed by atoms with E-state index >= 15 is 0 Å². The molecule has 7 heteroatoms. The molecule has 27 heavy (non-hydrogen) atoms. The van der Waals surface area contributed by atoms with Gasteiger partial charge < -0.3 is 20.3 Å². The fourth-order valence-corrected chi connectivity index (χ4v) is 4.34. The second-order valence-corrected chi connectivity index (χ2v) is 7.17. The van der Waals surface area contributed by atoms with Crippen molar-refractivity contribution in [3.8, 4) is 5.75 Å². The minimum absolute atomic E-state index is 0.0430. The van der Waals surface area contributed by atoms with Gasteiger partial charge in [-0.05, 0) is 31.2 Å². The van der Waals surface area contributed by atoms with E-state index in [0.717, 1.165) is 4.90 Å². The van der Waals surface area contributed by atoms with Gasteiger partial charge in [-0.15, -0.1) is 0 Å². The molecule has 2 aliphatic heterocycles. The second-order valence-electron chi connectivity index (χ2n) is 7.17. The Morgan fingerprint density at radius 2 is 1.70 bits per heavy atom. The normalized spacial score (nSPS) is 29.8. The first-order valence-corrected chi connectivity index (χ1v) is 8.64. The molecule has 2 aromatic carbocycles. The summed E-state index contributed by atoms with van der Waals surface area (Å²) >= 11 is 0. The molecule has 3 N–H and O–H groups in total. The quantitative estimate of drug-likeness (QED) is 0.699. The van der Waals surface area contributed by atoms with Crippen LogP contribution in [0.15, 0.2) is 54.6 Å². The summed E-state index contributed by atoms with van der Waals surface area (Å²) in [6.07, 6.45) is 0. The number of hydrogen-bond acceptors (Lipinski definition) is 5. The standard InChI is InChI=1S/C20H18N2O5/c1-20(19(26)27)15-14(16(21-20)12-9-5-6-10-13(12)23)17(24)22(18(15)25)11-7-3-2-4-8-11/h2-10,14-16,21,23H,1H3,(H,26,27)/t14-,15+,16-,20+/m0/s1. The van der Waals surface area contributed by atoms with Crippen molar-refractivity contribution in [2.75, 3.05) is 4.90 Å². The molecular weight excluding hydrogens is 348 g/mol. The van der Waals surface area contributed by atoms with Crippen LogP contribution in [0.25, 0.3) is 0 Å². The maximum atomic E-state index is 13.2. The molecule has 2 amide bonds. The van der Waals surface area contributed by atoms with E-state index in [9.17, 15) is 24.6 Å². The van der Waals surface area contributed by atoms with Crippen LogP contribution in [0, 0.1) is 11.8 Å². The molecular formula is C20H18N2O5. The molecule has 7 nitrogen and oxygen atoms in total. The summed E-state index contributed by atoms with van der Waals surface area (Å²) in [5.41, 5.74) is -0.791. The molecule has 4 rings (SSSR count). The van der Waals surface area contributed by atoms with Gasteiger partial charge >= 0.3 is 0 Å². The van der Waals surface area contributed by atoms with Gasteiger partial charge in [0.15, 0.2) is 0 Å². The minimum Gasteiger partial charge on any atom is -0.544 e. The molecule has 4 atom stereocenters. The number of carbonyl (C=O) groups is 3. The lowest BCUT2D eigenvalue weighted by Gasteiger charge is -2.29. The third-order valence-corrected chi connectivity index (χ3v) is 5.66. The number of anilines is 1. The summed E-state index contributed by atoms with van der Waals surface area (Å²) in [5, 5.41) is 23.6. The molecule has 0 aliphatic carbocycles. The average molecular weight is 366 g/mol. The molecule has 0 spiro atoms. The number of carboxylic acids is 1. The first kappa shape index (κ1) is 17.2. The van der Waals surface area contributed by atoms with Crippen molar-refractivity contribution in [3.05, 3.63) is 60.2 Å². The molecule has 0 aromatic heterocycles. The fourth-order valence-electron chi connectivity index (χ4n) is 4.34. The van der Waals surface area contributed by atoms with E-state index in [0.29, 0.717) is 11.3 Å². The van der Waals surface area contributed by atoms with Crippen molar-refractivity contribution in [2.24, 2.45) is 11.8 Å². The summed E-state index contributed by atoms with van der Waals surface area (Å²) in [4.78, 5) is 39.3. The van der Waals surface area contributed by atoms with Crippen LogP contribution in [0.2, 0.25) is 0 Å². The maximum absolute atomic E-state index is 13.2. The second kappa shape index (κ2) is 5.92. The van der Waals surface area contributed by atoms with Crippen LogP contribution in [0.5, 0.6) is 5.75 Å². The van der Waals surface area contributed by atoms with Gasteiger partial charge in [-0.25, -0.2) is 4.90 Å². The Hall–Kier alpha value is -3.19. The van der Waals surface area contributed by atoms with Crippen LogP contribution in [0.4, 0.5) is 5.69 Å². The van der Waals surface area contributed by atoms with Gasteiger partial charge in [0.1, 0.15) is 35.1 Å². The Balaban J connectivity index is 1.85. The Labute approximate surface area is 155 Å². The van der Waals surface area contributed by atoms with Crippen molar-refractivity contribution in [1.82, 2.24) is 0 Å². The van der Waals surface area contributed by atoms with E-state index in [1.807, 2.05) is 0 Å². The highest BCUT2D eigenvalue weighted by atomic mass is 16.4. The van der Waals surface area contributed by atoms with E-state index in [4.69, 9.17) is 0 Å². The van der Waals surface area contributed by atoms with Gasteiger partial charge in [0.05, 0.1) is 11.3 Å². The number of para-hydroxylation sites is 2. The number of imide groups is 1. The highest BCUT2D eigenvalue weighted by Crippen LogP contribution is 2.46. The molecule has 2 saturated heterocycles. The number of carboxylic acid groups (broad SMARTS) is 1. The summed E-state index contributed by atoms with van der Waals surface area (Å²) in [7, 11) is 0. The predicted octanol–water partition coefficient (Wildman–Crippen LogP) is -0.675. The monoisotopic (exact) mass is 366 g/mol. The molecule has 2 aromatic rings. The van der Waals surface area contributed by atoms with Crippen molar-refractivity contribution in [1.29, 1.82) is 0 Å². The number of phenols is 1.